The number of pyridine rings is 1. The smallest absolute Gasteiger partial charge is 0.312 e. The van der Waals surface area contributed by atoms with E-state index in [1.165, 1.54) is 16.9 Å². The van der Waals surface area contributed by atoms with E-state index in [0.29, 0.717) is 5.69 Å². The van der Waals surface area contributed by atoms with Gasteiger partial charge in [-0.2, -0.15) is 0 Å². The molecule has 1 atom stereocenters. The molecule has 0 aliphatic rings. The molecule has 0 unspecified atom stereocenters. The van der Waals surface area contributed by atoms with Gasteiger partial charge >= 0.3 is 5.97 Å². The van der Waals surface area contributed by atoms with Crippen LogP contribution in [0.5, 0.6) is 0 Å². The zero-order valence-electron chi connectivity index (χ0n) is 16.4. The third-order valence-electron chi connectivity index (χ3n) is 4.42. The number of aromatic nitrogens is 2. The van der Waals surface area contributed by atoms with Crippen molar-refractivity contribution in [1.82, 2.24) is 15.3 Å². The molecule has 29 heavy (non-hydrogen) atoms. The van der Waals surface area contributed by atoms with Crippen molar-refractivity contribution in [3.8, 4) is 10.6 Å². The van der Waals surface area contributed by atoms with E-state index in [0.717, 1.165) is 22.6 Å². The van der Waals surface area contributed by atoms with Gasteiger partial charge < -0.3 is 10.1 Å². The fourth-order valence-corrected chi connectivity index (χ4v) is 3.57. The van der Waals surface area contributed by atoms with Gasteiger partial charge in [0.25, 0.3) is 5.91 Å². The zero-order valence-corrected chi connectivity index (χ0v) is 17.2. The molecule has 6 nitrogen and oxygen atoms in total. The first-order chi connectivity index (χ1) is 14.0. The Hall–Kier alpha value is -3.06. The van der Waals surface area contributed by atoms with Crippen LogP contribution in [-0.4, -0.2) is 28.5 Å². The highest BCUT2D eigenvalue weighted by atomic mass is 32.1. The minimum absolute atomic E-state index is 0.0259. The van der Waals surface area contributed by atoms with Gasteiger partial charge in [-0.3, -0.25) is 14.6 Å². The first-order valence-corrected chi connectivity index (χ1v) is 10.3. The fourth-order valence-electron chi connectivity index (χ4n) is 2.76. The van der Waals surface area contributed by atoms with E-state index < -0.39 is 5.97 Å². The first-order valence-electron chi connectivity index (χ1n) is 9.43. The van der Waals surface area contributed by atoms with Crippen LogP contribution in [0.1, 0.15) is 36.7 Å². The Labute approximate surface area is 174 Å². The van der Waals surface area contributed by atoms with Crippen molar-refractivity contribution in [1.29, 1.82) is 0 Å². The van der Waals surface area contributed by atoms with Crippen LogP contribution in [0.15, 0.2) is 54.2 Å². The van der Waals surface area contributed by atoms with Gasteiger partial charge in [0.15, 0.2) is 6.61 Å². The normalized spacial score (nSPS) is 11.7. The summed E-state index contributed by atoms with van der Waals surface area (Å²) in [7, 11) is 0. The Morgan fingerprint density at radius 1 is 1.21 bits per heavy atom. The van der Waals surface area contributed by atoms with Gasteiger partial charge in [-0.05, 0) is 36.6 Å². The standard InChI is InChI=1S/C22H23N3O3S/c1-3-16-6-8-17(9-7-16)15(2)24-20(26)13-28-21(27)11-19-14-29-22(25-19)18-5-4-10-23-12-18/h4-10,12,14-15H,3,11,13H2,1-2H3,(H,24,26)/t15-/m0/s1. The predicted octanol–water partition coefficient (Wildman–Crippen LogP) is 3.73. The molecule has 0 saturated heterocycles. The number of amides is 1. The number of nitrogens with zero attached hydrogens (tertiary/aromatic N) is 2. The van der Waals surface area contributed by atoms with Gasteiger partial charge in [0, 0.05) is 23.3 Å². The van der Waals surface area contributed by atoms with E-state index in [1.807, 2.05) is 48.7 Å². The van der Waals surface area contributed by atoms with Gasteiger partial charge in [-0.25, -0.2) is 4.98 Å². The second-order valence-electron chi connectivity index (χ2n) is 6.61. The molecule has 3 rings (SSSR count). The average Bonchev–Trinajstić information content (AvgIpc) is 3.21. The summed E-state index contributed by atoms with van der Waals surface area (Å²) in [5.41, 5.74) is 3.77. The molecular formula is C22H23N3O3S. The summed E-state index contributed by atoms with van der Waals surface area (Å²) >= 11 is 1.44. The number of benzene rings is 1. The molecule has 2 heterocycles. The summed E-state index contributed by atoms with van der Waals surface area (Å²) < 4.78 is 5.10. The number of hydrogen-bond acceptors (Lipinski definition) is 6. The molecule has 7 heteroatoms. The number of ether oxygens (including phenoxy) is 1. The SMILES string of the molecule is CCc1ccc([C@H](C)NC(=O)COC(=O)Cc2csc(-c3cccnc3)n2)cc1. The van der Waals surface area contributed by atoms with Crippen molar-refractivity contribution < 1.29 is 14.3 Å². The second kappa shape index (κ2) is 9.93. The van der Waals surface area contributed by atoms with E-state index in [1.54, 1.807) is 12.4 Å². The van der Waals surface area contributed by atoms with Crippen molar-refractivity contribution in [2.75, 3.05) is 6.61 Å². The van der Waals surface area contributed by atoms with Crippen molar-refractivity contribution in [3.63, 3.8) is 0 Å². The number of rotatable bonds is 8. The predicted molar refractivity (Wildman–Crippen MR) is 112 cm³/mol. The molecule has 3 aromatic rings. The summed E-state index contributed by atoms with van der Waals surface area (Å²) in [5, 5.41) is 5.45. The van der Waals surface area contributed by atoms with Gasteiger partial charge in [0.05, 0.1) is 18.2 Å². The van der Waals surface area contributed by atoms with Crippen LogP contribution in [-0.2, 0) is 27.2 Å². The van der Waals surface area contributed by atoms with Gasteiger partial charge in [0.2, 0.25) is 0 Å². The van der Waals surface area contributed by atoms with E-state index in [-0.39, 0.29) is 25.0 Å². The topological polar surface area (TPSA) is 81.2 Å². The Morgan fingerprint density at radius 3 is 2.69 bits per heavy atom. The Balaban J connectivity index is 1.45. The maximum Gasteiger partial charge on any atom is 0.312 e. The number of nitrogens with one attached hydrogen (secondary N) is 1. The van der Waals surface area contributed by atoms with Crippen molar-refractivity contribution in [2.24, 2.45) is 0 Å². The summed E-state index contributed by atoms with van der Waals surface area (Å²) in [5.74, 6) is -0.817. The highest BCUT2D eigenvalue weighted by Crippen LogP contribution is 2.22. The summed E-state index contributed by atoms with van der Waals surface area (Å²) in [6.07, 6.45) is 4.42. The van der Waals surface area contributed by atoms with Crippen molar-refractivity contribution >= 4 is 23.2 Å². The molecule has 2 aromatic heterocycles. The summed E-state index contributed by atoms with van der Waals surface area (Å²) in [6, 6.07) is 11.7. The maximum atomic E-state index is 12.1. The van der Waals surface area contributed by atoms with Crippen molar-refractivity contribution in [3.05, 3.63) is 71.0 Å². The monoisotopic (exact) mass is 409 g/mol. The summed E-state index contributed by atoms with van der Waals surface area (Å²) in [6.45, 7) is 3.69. The summed E-state index contributed by atoms with van der Waals surface area (Å²) in [4.78, 5) is 32.6. The minimum atomic E-state index is -0.483. The van der Waals surface area contributed by atoms with Crippen LogP contribution < -0.4 is 5.32 Å². The van der Waals surface area contributed by atoms with Crippen LogP contribution in [0.4, 0.5) is 0 Å². The van der Waals surface area contributed by atoms with Crippen LogP contribution in [0, 0.1) is 0 Å². The highest BCUT2D eigenvalue weighted by molar-refractivity contribution is 7.13. The Kier molecular flexibility index (Phi) is 7.08. The molecule has 0 fully saturated rings. The lowest BCUT2D eigenvalue weighted by molar-refractivity contribution is -0.148. The lowest BCUT2D eigenvalue weighted by Gasteiger charge is -2.14. The van der Waals surface area contributed by atoms with Gasteiger partial charge in [-0.15, -0.1) is 11.3 Å². The average molecular weight is 410 g/mol. The quantitative estimate of drug-likeness (QED) is 0.573. The van der Waals surface area contributed by atoms with Crippen LogP contribution >= 0.6 is 11.3 Å². The minimum Gasteiger partial charge on any atom is -0.455 e. The Morgan fingerprint density at radius 2 is 2.00 bits per heavy atom. The maximum absolute atomic E-state index is 12.1. The van der Waals surface area contributed by atoms with Gasteiger partial charge in [-0.1, -0.05) is 31.2 Å². The van der Waals surface area contributed by atoms with E-state index >= 15 is 0 Å². The lowest BCUT2D eigenvalue weighted by atomic mass is 10.1. The number of esters is 1. The van der Waals surface area contributed by atoms with E-state index in [2.05, 4.69) is 22.2 Å². The molecule has 0 aliphatic heterocycles. The number of thiazole rings is 1. The van der Waals surface area contributed by atoms with E-state index in [9.17, 15) is 9.59 Å². The molecule has 1 N–H and O–H groups in total. The molecular weight excluding hydrogens is 386 g/mol. The largest absolute Gasteiger partial charge is 0.455 e. The number of carbonyl (C=O) groups excluding carboxylic acids is 2. The number of hydrogen-bond donors (Lipinski definition) is 1. The lowest BCUT2D eigenvalue weighted by Crippen LogP contribution is -2.31. The van der Waals surface area contributed by atoms with Crippen molar-refractivity contribution in [2.45, 2.75) is 32.7 Å². The number of aryl methyl sites for hydroxylation is 1. The number of carbonyl (C=O) groups is 2. The molecule has 1 amide bonds. The van der Waals surface area contributed by atoms with E-state index in [4.69, 9.17) is 4.74 Å². The molecule has 0 radical (unpaired) electrons. The highest BCUT2D eigenvalue weighted by Gasteiger charge is 2.14. The van der Waals surface area contributed by atoms with Crippen LogP contribution in [0.3, 0.4) is 0 Å². The molecule has 0 saturated carbocycles. The molecule has 1 aromatic carbocycles. The third kappa shape index (κ3) is 5.96. The molecule has 0 bridgehead atoms. The molecule has 150 valence electrons. The zero-order chi connectivity index (χ0) is 20.6. The third-order valence-corrected chi connectivity index (χ3v) is 5.36. The molecule has 0 aliphatic carbocycles. The Bertz CT molecular complexity index is 955. The van der Waals surface area contributed by atoms with Crippen LogP contribution in [0.2, 0.25) is 0 Å². The first kappa shape index (κ1) is 20.7. The molecule has 0 spiro atoms. The second-order valence-corrected chi connectivity index (χ2v) is 7.47. The van der Waals surface area contributed by atoms with Crippen LogP contribution in [0.25, 0.3) is 10.6 Å². The van der Waals surface area contributed by atoms with Gasteiger partial charge in [0.1, 0.15) is 5.01 Å². The fraction of sp³-hybridized carbons (Fsp3) is 0.273.